The maximum Gasteiger partial charge on any atom is 0.327 e. The molecule has 2 atom stereocenters. The number of urea groups is 1. The van der Waals surface area contributed by atoms with E-state index in [4.69, 9.17) is 19.3 Å². The van der Waals surface area contributed by atoms with Crippen LogP contribution in [0.1, 0.15) is 50.3 Å². The van der Waals surface area contributed by atoms with E-state index in [2.05, 4.69) is 11.9 Å². The topological polar surface area (TPSA) is 114 Å². The number of rotatable bonds is 10. The van der Waals surface area contributed by atoms with Crippen molar-refractivity contribution in [1.29, 1.82) is 0 Å². The molecule has 0 saturated carbocycles. The van der Waals surface area contributed by atoms with Gasteiger partial charge in [0.25, 0.3) is 0 Å². The number of carboxylic acid groups (broad SMARTS) is 1. The molecule has 190 valence electrons. The molecule has 9 nitrogen and oxygen atoms in total. The van der Waals surface area contributed by atoms with Crippen LogP contribution in [-0.4, -0.2) is 40.9 Å². The first-order valence-corrected chi connectivity index (χ1v) is 11.9. The lowest BCUT2D eigenvalue weighted by Gasteiger charge is -2.53. The molecule has 0 bridgehead atoms. The van der Waals surface area contributed by atoms with Gasteiger partial charge in [-0.3, -0.25) is 9.59 Å². The molecule has 0 spiro atoms. The molecule has 0 aromatic heterocycles. The van der Waals surface area contributed by atoms with Gasteiger partial charge in [0.15, 0.2) is 17.7 Å². The first-order valence-electron chi connectivity index (χ1n) is 11.9. The van der Waals surface area contributed by atoms with E-state index in [1.807, 2.05) is 26.0 Å². The van der Waals surface area contributed by atoms with Crippen LogP contribution in [0.3, 0.4) is 0 Å². The van der Waals surface area contributed by atoms with Gasteiger partial charge in [-0.05, 0) is 54.7 Å². The van der Waals surface area contributed by atoms with Gasteiger partial charge in [-0.2, -0.15) is 0 Å². The third-order valence-electron chi connectivity index (χ3n) is 6.86. The van der Waals surface area contributed by atoms with E-state index < -0.39 is 29.7 Å². The third kappa shape index (κ3) is 4.60. The average Bonchev–Trinajstić information content (AvgIpc) is 3.33. The first kappa shape index (κ1) is 25.1. The number of β-lactam (4-membered cyclic amide) rings is 1. The summed E-state index contributed by atoms with van der Waals surface area (Å²) in [5.41, 5.74) is 0.593. The molecule has 3 amide bonds. The Morgan fingerprint density at radius 2 is 1.89 bits per heavy atom. The number of ether oxygens (including phenoxy) is 3. The lowest BCUT2D eigenvalue weighted by atomic mass is 9.72. The molecule has 0 unspecified atom stereocenters. The van der Waals surface area contributed by atoms with Crippen LogP contribution in [0.5, 0.6) is 17.2 Å². The van der Waals surface area contributed by atoms with E-state index in [1.165, 1.54) is 0 Å². The molecule has 2 aliphatic heterocycles. The lowest BCUT2D eigenvalue weighted by Crippen LogP contribution is -2.73. The minimum atomic E-state index is -0.927. The Bertz CT molecular complexity index is 1160. The van der Waals surface area contributed by atoms with Crippen LogP contribution in [0, 0.1) is 5.41 Å². The molecule has 36 heavy (non-hydrogen) atoms. The lowest BCUT2D eigenvalue weighted by molar-refractivity contribution is -0.191. The first-order chi connectivity index (χ1) is 17.3. The number of hydrogen-bond acceptors (Lipinski definition) is 6. The monoisotopic (exact) mass is 494 g/mol. The number of nitrogens with one attached hydrogen (secondary N) is 1. The predicted octanol–water partition coefficient (Wildman–Crippen LogP) is 4.42. The number of nitrogens with zero attached hydrogens (tertiary/aromatic N) is 1. The van der Waals surface area contributed by atoms with E-state index in [0.717, 1.165) is 10.5 Å². The summed E-state index contributed by atoms with van der Waals surface area (Å²) in [7, 11) is 0. The summed E-state index contributed by atoms with van der Waals surface area (Å²) in [6.45, 7) is 7.74. The molecule has 2 heterocycles. The SMILES string of the molecule is C=CC[C@@H](NC(=O)N1C(=O)C(CC)(CC)[C@@H]1Oc1ccc(CC(=O)O)cc1)c1ccc2c(c1)OCO2. The minimum Gasteiger partial charge on any atom is -0.481 e. The van der Waals surface area contributed by atoms with Gasteiger partial charge in [-0.1, -0.05) is 38.1 Å². The van der Waals surface area contributed by atoms with Crippen molar-refractivity contribution in [1.82, 2.24) is 10.2 Å². The number of carbonyl (C=O) groups excluding carboxylic acids is 2. The average molecular weight is 495 g/mol. The molecule has 4 rings (SSSR count). The molecule has 0 aliphatic carbocycles. The molecular weight excluding hydrogens is 464 g/mol. The Morgan fingerprint density at radius 1 is 1.19 bits per heavy atom. The zero-order chi connectivity index (χ0) is 25.9. The number of aliphatic carboxylic acids is 1. The van der Waals surface area contributed by atoms with Gasteiger partial charge in [0.2, 0.25) is 12.7 Å². The van der Waals surface area contributed by atoms with E-state index >= 15 is 0 Å². The standard InChI is InChI=1S/C27H30N2O7/c1-4-7-20(18-10-13-21-22(15-18)35-16-34-21)28-26(33)29-24(32)27(5-2,6-3)25(29)36-19-11-8-17(9-12-19)14-23(30)31/h4,8-13,15,20,25H,1,5-7,14,16H2,2-3H3,(H,28,33)(H,30,31)/t20-,25+/m1/s1. The molecular formula is C27H30N2O7. The summed E-state index contributed by atoms with van der Waals surface area (Å²) in [5, 5.41) is 11.9. The third-order valence-corrected chi connectivity index (χ3v) is 6.86. The zero-order valence-corrected chi connectivity index (χ0v) is 20.4. The van der Waals surface area contributed by atoms with E-state index in [-0.39, 0.29) is 19.1 Å². The largest absolute Gasteiger partial charge is 0.481 e. The Labute approximate surface area is 209 Å². The second kappa shape index (κ2) is 10.3. The fraction of sp³-hybridized carbons (Fsp3) is 0.370. The van der Waals surface area contributed by atoms with E-state index in [1.54, 1.807) is 36.4 Å². The summed E-state index contributed by atoms with van der Waals surface area (Å²) >= 11 is 0. The van der Waals surface area contributed by atoms with Gasteiger partial charge in [-0.15, -0.1) is 6.58 Å². The molecule has 1 fully saturated rings. The Morgan fingerprint density at radius 3 is 2.53 bits per heavy atom. The Kier molecular flexibility index (Phi) is 7.19. The van der Waals surface area contributed by atoms with Crippen LogP contribution in [0.25, 0.3) is 0 Å². The summed E-state index contributed by atoms with van der Waals surface area (Å²) in [6, 6.07) is 11.1. The highest BCUT2D eigenvalue weighted by Gasteiger charge is 2.63. The van der Waals surface area contributed by atoms with Gasteiger partial charge in [0, 0.05) is 0 Å². The smallest absolute Gasteiger partial charge is 0.327 e. The highest BCUT2D eigenvalue weighted by Crippen LogP contribution is 2.46. The van der Waals surface area contributed by atoms with Crippen LogP contribution in [0.2, 0.25) is 0 Å². The number of likely N-dealkylation sites (tertiary alicyclic amines) is 1. The Balaban J connectivity index is 1.54. The fourth-order valence-electron chi connectivity index (χ4n) is 4.68. The second-order valence-electron chi connectivity index (χ2n) is 8.86. The van der Waals surface area contributed by atoms with Gasteiger partial charge < -0.3 is 24.6 Å². The summed E-state index contributed by atoms with van der Waals surface area (Å²) in [4.78, 5) is 38.7. The van der Waals surface area contributed by atoms with Crippen molar-refractivity contribution < 1.29 is 33.7 Å². The highest BCUT2D eigenvalue weighted by atomic mass is 16.7. The maximum absolute atomic E-state index is 13.4. The predicted molar refractivity (Wildman–Crippen MR) is 131 cm³/mol. The number of hydrogen-bond donors (Lipinski definition) is 2. The summed E-state index contributed by atoms with van der Waals surface area (Å²) in [5.74, 6) is 0.464. The van der Waals surface area contributed by atoms with Crippen molar-refractivity contribution in [2.45, 2.75) is 51.8 Å². The van der Waals surface area contributed by atoms with Gasteiger partial charge in [-0.25, -0.2) is 9.69 Å². The van der Waals surface area contributed by atoms with Crippen molar-refractivity contribution >= 4 is 17.9 Å². The number of imide groups is 1. The van der Waals surface area contributed by atoms with Crippen LogP contribution in [0.15, 0.2) is 55.1 Å². The molecule has 2 aliphatic rings. The van der Waals surface area contributed by atoms with E-state index in [9.17, 15) is 14.4 Å². The Hall–Kier alpha value is -4.01. The highest BCUT2D eigenvalue weighted by molar-refractivity contribution is 6.03. The fourth-order valence-corrected chi connectivity index (χ4v) is 4.68. The van der Waals surface area contributed by atoms with Crippen molar-refractivity contribution in [3.63, 3.8) is 0 Å². The second-order valence-corrected chi connectivity index (χ2v) is 8.86. The van der Waals surface area contributed by atoms with Crippen LogP contribution >= 0.6 is 0 Å². The number of amides is 3. The molecule has 9 heteroatoms. The molecule has 0 radical (unpaired) electrons. The van der Waals surface area contributed by atoms with Crippen LogP contribution in [0.4, 0.5) is 4.79 Å². The number of benzene rings is 2. The van der Waals surface area contributed by atoms with Crippen molar-refractivity contribution in [3.8, 4) is 17.2 Å². The number of carbonyl (C=O) groups is 3. The van der Waals surface area contributed by atoms with Crippen LogP contribution < -0.4 is 19.5 Å². The van der Waals surface area contributed by atoms with Crippen molar-refractivity contribution in [3.05, 3.63) is 66.2 Å². The molecule has 1 saturated heterocycles. The maximum atomic E-state index is 13.4. The van der Waals surface area contributed by atoms with Crippen molar-refractivity contribution in [2.24, 2.45) is 5.41 Å². The normalized spacial score (nSPS) is 18.2. The van der Waals surface area contributed by atoms with Gasteiger partial charge in [0.05, 0.1) is 12.5 Å². The van der Waals surface area contributed by atoms with Gasteiger partial charge >= 0.3 is 12.0 Å². The summed E-state index contributed by atoms with van der Waals surface area (Å²) < 4.78 is 17.0. The number of fused-ring (bicyclic) bond motifs is 1. The zero-order valence-electron chi connectivity index (χ0n) is 20.4. The minimum absolute atomic E-state index is 0.102. The number of carboxylic acids is 1. The quantitative estimate of drug-likeness (QED) is 0.371. The van der Waals surface area contributed by atoms with Crippen molar-refractivity contribution in [2.75, 3.05) is 6.79 Å². The molecule has 2 N–H and O–H groups in total. The van der Waals surface area contributed by atoms with Crippen LogP contribution in [-0.2, 0) is 16.0 Å². The molecule has 2 aromatic carbocycles. The molecule has 2 aromatic rings. The van der Waals surface area contributed by atoms with E-state index in [0.29, 0.717) is 42.1 Å². The summed E-state index contributed by atoms with van der Waals surface area (Å²) in [6.07, 6.45) is 2.25. The van der Waals surface area contributed by atoms with Gasteiger partial charge in [0.1, 0.15) is 11.2 Å².